The van der Waals surface area contributed by atoms with Crippen molar-refractivity contribution < 1.29 is 0 Å². The van der Waals surface area contributed by atoms with Gasteiger partial charge in [0.2, 0.25) is 0 Å². The summed E-state index contributed by atoms with van der Waals surface area (Å²) in [6.45, 7) is 8.67. The van der Waals surface area contributed by atoms with E-state index in [1.165, 1.54) is 27.5 Å². The molecular formula is C21H24N2. The lowest BCUT2D eigenvalue weighted by atomic mass is 9.98. The van der Waals surface area contributed by atoms with Crippen molar-refractivity contribution in [3.05, 3.63) is 60.3 Å². The van der Waals surface area contributed by atoms with Crippen LogP contribution in [0.4, 0.5) is 5.82 Å². The molecule has 0 saturated heterocycles. The number of pyridine rings is 1. The number of nitrogens with zero attached hydrogens (tertiary/aromatic N) is 1. The number of aromatic nitrogens is 1. The largest absolute Gasteiger partial charge is 0.365 e. The predicted octanol–water partition coefficient (Wildman–Crippen LogP) is 5.67. The molecular weight excluding hydrogens is 280 g/mol. The zero-order chi connectivity index (χ0) is 16.4. The van der Waals surface area contributed by atoms with E-state index in [0.717, 1.165) is 12.2 Å². The normalized spacial score (nSPS) is 11.7. The van der Waals surface area contributed by atoms with E-state index in [1.807, 2.05) is 12.3 Å². The first-order valence-electron chi connectivity index (χ1n) is 8.23. The number of hydrogen-bond donors (Lipinski definition) is 1. The molecule has 0 fully saturated rings. The second kappa shape index (κ2) is 6.04. The van der Waals surface area contributed by atoms with Crippen molar-refractivity contribution in [1.29, 1.82) is 0 Å². The number of anilines is 1. The molecule has 3 aromatic rings. The molecule has 2 nitrogen and oxygen atoms in total. The summed E-state index contributed by atoms with van der Waals surface area (Å²) in [7, 11) is 0. The first-order chi connectivity index (χ1) is 11.0. The van der Waals surface area contributed by atoms with E-state index in [-0.39, 0.29) is 5.54 Å². The number of hydrogen-bond acceptors (Lipinski definition) is 2. The van der Waals surface area contributed by atoms with Gasteiger partial charge in [-0.1, -0.05) is 49.4 Å². The van der Waals surface area contributed by atoms with Gasteiger partial charge in [0.15, 0.2) is 0 Å². The van der Waals surface area contributed by atoms with Crippen LogP contribution in [0.2, 0.25) is 0 Å². The van der Waals surface area contributed by atoms with E-state index in [4.69, 9.17) is 4.98 Å². The summed E-state index contributed by atoms with van der Waals surface area (Å²) >= 11 is 0. The molecule has 0 amide bonds. The van der Waals surface area contributed by atoms with E-state index in [1.54, 1.807) is 0 Å². The average Bonchev–Trinajstić information content (AvgIpc) is 2.54. The van der Waals surface area contributed by atoms with E-state index < -0.39 is 0 Å². The molecule has 0 atom stereocenters. The fourth-order valence-corrected chi connectivity index (χ4v) is 2.81. The second-order valence-electron chi connectivity index (χ2n) is 6.99. The zero-order valence-corrected chi connectivity index (χ0v) is 14.4. The first kappa shape index (κ1) is 15.5. The molecule has 0 unspecified atom stereocenters. The lowest BCUT2D eigenvalue weighted by Gasteiger charge is -2.23. The highest BCUT2D eigenvalue weighted by Crippen LogP contribution is 2.33. The highest BCUT2D eigenvalue weighted by molar-refractivity contribution is 6.02. The molecule has 2 heteroatoms. The van der Waals surface area contributed by atoms with Crippen LogP contribution in [0.15, 0.2) is 54.7 Å². The standard InChI is InChI=1S/C21H24N2/c1-5-15-11-12-17-18(13-15)20(23-21(2,3)4)22-14-19(17)16-9-7-6-8-10-16/h6-14H,5H2,1-4H3,(H,22,23). The molecule has 0 aliphatic heterocycles. The Hall–Kier alpha value is -2.35. The lowest BCUT2D eigenvalue weighted by Crippen LogP contribution is -2.26. The molecule has 3 rings (SSSR count). The van der Waals surface area contributed by atoms with Crippen LogP contribution in [-0.4, -0.2) is 10.5 Å². The molecule has 2 aromatic carbocycles. The molecule has 0 saturated carbocycles. The molecule has 1 N–H and O–H groups in total. The van der Waals surface area contributed by atoms with Gasteiger partial charge in [-0.15, -0.1) is 0 Å². The summed E-state index contributed by atoms with van der Waals surface area (Å²) in [5.41, 5.74) is 3.71. The molecule has 23 heavy (non-hydrogen) atoms. The third-order valence-electron chi connectivity index (χ3n) is 3.94. The maximum absolute atomic E-state index is 4.73. The zero-order valence-electron chi connectivity index (χ0n) is 14.4. The molecule has 0 bridgehead atoms. The minimum absolute atomic E-state index is 0.0174. The summed E-state index contributed by atoms with van der Waals surface area (Å²) in [5, 5.41) is 5.98. The third-order valence-corrected chi connectivity index (χ3v) is 3.94. The highest BCUT2D eigenvalue weighted by atomic mass is 15.0. The van der Waals surface area contributed by atoms with Crippen molar-refractivity contribution >= 4 is 16.6 Å². The molecule has 0 radical (unpaired) electrons. The van der Waals surface area contributed by atoms with Crippen molar-refractivity contribution in [3.63, 3.8) is 0 Å². The van der Waals surface area contributed by atoms with Gasteiger partial charge in [-0.3, -0.25) is 0 Å². The minimum atomic E-state index is -0.0174. The SMILES string of the molecule is CCc1ccc2c(-c3ccccc3)cnc(NC(C)(C)C)c2c1. The maximum atomic E-state index is 4.73. The first-order valence-corrected chi connectivity index (χ1v) is 8.23. The molecule has 0 aliphatic rings. The molecule has 0 spiro atoms. The highest BCUT2D eigenvalue weighted by Gasteiger charge is 2.15. The number of benzene rings is 2. The van der Waals surface area contributed by atoms with Gasteiger partial charge in [-0.25, -0.2) is 4.98 Å². The van der Waals surface area contributed by atoms with Gasteiger partial charge in [0.05, 0.1) is 0 Å². The van der Waals surface area contributed by atoms with Crippen LogP contribution in [0.1, 0.15) is 33.3 Å². The monoisotopic (exact) mass is 304 g/mol. The van der Waals surface area contributed by atoms with Crippen LogP contribution in [0, 0.1) is 0 Å². The number of rotatable bonds is 3. The molecule has 1 heterocycles. The van der Waals surface area contributed by atoms with Gasteiger partial charge in [-0.05, 0) is 49.8 Å². The lowest BCUT2D eigenvalue weighted by molar-refractivity contribution is 0.631. The Kier molecular flexibility index (Phi) is 4.08. The van der Waals surface area contributed by atoms with Gasteiger partial charge >= 0.3 is 0 Å². The number of fused-ring (bicyclic) bond motifs is 1. The van der Waals surface area contributed by atoms with Crippen LogP contribution >= 0.6 is 0 Å². The molecule has 1 aromatic heterocycles. The summed E-state index contributed by atoms with van der Waals surface area (Å²) in [4.78, 5) is 4.73. The van der Waals surface area contributed by atoms with Crippen LogP contribution in [0.3, 0.4) is 0 Å². The van der Waals surface area contributed by atoms with Crippen molar-refractivity contribution in [3.8, 4) is 11.1 Å². The minimum Gasteiger partial charge on any atom is -0.365 e. The maximum Gasteiger partial charge on any atom is 0.134 e. The van der Waals surface area contributed by atoms with Gasteiger partial charge in [-0.2, -0.15) is 0 Å². The Morgan fingerprint density at radius 2 is 1.70 bits per heavy atom. The summed E-state index contributed by atoms with van der Waals surface area (Å²) in [6.07, 6.45) is 3.01. The Balaban J connectivity index is 2.24. The molecule has 0 aliphatic carbocycles. The predicted molar refractivity (Wildman–Crippen MR) is 99.9 cm³/mol. The van der Waals surface area contributed by atoms with Crippen LogP contribution in [0.5, 0.6) is 0 Å². The van der Waals surface area contributed by atoms with E-state index in [0.29, 0.717) is 0 Å². The fraction of sp³-hybridized carbons (Fsp3) is 0.286. The van der Waals surface area contributed by atoms with Gasteiger partial charge in [0, 0.05) is 22.7 Å². The van der Waals surface area contributed by atoms with Gasteiger partial charge in [0.25, 0.3) is 0 Å². The van der Waals surface area contributed by atoms with Crippen LogP contribution in [0.25, 0.3) is 21.9 Å². The quantitative estimate of drug-likeness (QED) is 0.674. The van der Waals surface area contributed by atoms with Gasteiger partial charge in [0.1, 0.15) is 5.82 Å². The Bertz CT molecular complexity index is 814. The van der Waals surface area contributed by atoms with E-state index in [9.17, 15) is 0 Å². The smallest absolute Gasteiger partial charge is 0.134 e. The van der Waals surface area contributed by atoms with Crippen LogP contribution in [-0.2, 0) is 6.42 Å². The van der Waals surface area contributed by atoms with Crippen molar-refractivity contribution in [2.24, 2.45) is 0 Å². The van der Waals surface area contributed by atoms with Gasteiger partial charge < -0.3 is 5.32 Å². The topological polar surface area (TPSA) is 24.9 Å². The molecule has 118 valence electrons. The van der Waals surface area contributed by atoms with E-state index >= 15 is 0 Å². The number of nitrogens with one attached hydrogen (secondary N) is 1. The summed E-state index contributed by atoms with van der Waals surface area (Å²) in [6, 6.07) is 17.2. The van der Waals surface area contributed by atoms with Crippen molar-refractivity contribution in [2.75, 3.05) is 5.32 Å². The van der Waals surface area contributed by atoms with Crippen molar-refractivity contribution in [2.45, 2.75) is 39.7 Å². The summed E-state index contributed by atoms with van der Waals surface area (Å²) in [5.74, 6) is 0.961. The average molecular weight is 304 g/mol. The third kappa shape index (κ3) is 3.37. The summed E-state index contributed by atoms with van der Waals surface area (Å²) < 4.78 is 0. The second-order valence-corrected chi connectivity index (χ2v) is 6.99. The van der Waals surface area contributed by atoms with Crippen LogP contribution < -0.4 is 5.32 Å². The Labute approximate surface area is 138 Å². The van der Waals surface area contributed by atoms with Crippen molar-refractivity contribution in [1.82, 2.24) is 4.98 Å². The van der Waals surface area contributed by atoms with E-state index in [2.05, 4.69) is 75.5 Å². The Morgan fingerprint density at radius 3 is 2.35 bits per heavy atom. The Morgan fingerprint density at radius 1 is 0.957 bits per heavy atom. The number of aryl methyl sites for hydroxylation is 1. The fourth-order valence-electron chi connectivity index (χ4n) is 2.81.